The maximum absolute atomic E-state index is 12.5. The lowest BCUT2D eigenvalue weighted by Gasteiger charge is -2.22. The Hall–Kier alpha value is -3.25. The quantitative estimate of drug-likeness (QED) is 0.474. The Morgan fingerprint density at radius 1 is 1.09 bits per heavy atom. The average Bonchev–Trinajstić information content (AvgIpc) is 3.40. The second kappa shape index (κ2) is 9.92. The summed E-state index contributed by atoms with van der Waals surface area (Å²) in [6, 6.07) is 17.6. The minimum Gasteiger partial charge on any atom is -0.477 e. The van der Waals surface area contributed by atoms with Crippen LogP contribution in [0.25, 0.3) is 10.8 Å². The van der Waals surface area contributed by atoms with Crippen molar-refractivity contribution in [3.8, 4) is 0 Å². The highest BCUT2D eigenvalue weighted by Crippen LogP contribution is 2.23. The van der Waals surface area contributed by atoms with E-state index in [9.17, 15) is 14.4 Å². The SMILES string of the molecule is O=C(C=C[C@H]1CCC(=O)N1CCCc1ccc(C(=O)O)s1)Cc1ccc2ccccc2c1. The molecule has 4 rings (SSSR count). The van der Waals surface area contributed by atoms with E-state index in [4.69, 9.17) is 5.11 Å². The van der Waals surface area contributed by atoms with Crippen molar-refractivity contribution in [2.45, 2.75) is 38.1 Å². The molecule has 164 valence electrons. The number of thiophene rings is 1. The predicted molar refractivity (Wildman–Crippen MR) is 126 cm³/mol. The molecule has 0 saturated carbocycles. The van der Waals surface area contributed by atoms with E-state index in [1.165, 1.54) is 11.3 Å². The van der Waals surface area contributed by atoms with Gasteiger partial charge in [0.2, 0.25) is 5.91 Å². The molecule has 0 bridgehead atoms. The summed E-state index contributed by atoms with van der Waals surface area (Å²) < 4.78 is 0. The highest BCUT2D eigenvalue weighted by Gasteiger charge is 2.28. The molecular formula is C26H25NO4S. The van der Waals surface area contributed by atoms with Gasteiger partial charge in [0.1, 0.15) is 4.88 Å². The summed E-state index contributed by atoms with van der Waals surface area (Å²) in [5.74, 6) is -0.770. The van der Waals surface area contributed by atoms with Gasteiger partial charge in [0, 0.05) is 24.3 Å². The van der Waals surface area contributed by atoms with Gasteiger partial charge in [0.15, 0.2) is 5.78 Å². The van der Waals surface area contributed by atoms with E-state index >= 15 is 0 Å². The van der Waals surface area contributed by atoms with Gasteiger partial charge in [0.25, 0.3) is 0 Å². The first-order valence-electron chi connectivity index (χ1n) is 10.8. The molecule has 1 saturated heterocycles. The molecule has 2 heterocycles. The Balaban J connectivity index is 1.31. The molecule has 0 spiro atoms. The molecule has 1 aromatic heterocycles. The van der Waals surface area contributed by atoms with E-state index < -0.39 is 5.97 Å². The molecule has 2 aromatic carbocycles. The molecule has 1 aliphatic heterocycles. The number of carboxylic acids is 1. The summed E-state index contributed by atoms with van der Waals surface area (Å²) in [5, 5.41) is 11.3. The third-order valence-electron chi connectivity index (χ3n) is 5.77. The van der Waals surface area contributed by atoms with Crippen LogP contribution in [0.15, 0.2) is 66.7 Å². The second-order valence-electron chi connectivity index (χ2n) is 8.05. The molecule has 0 unspecified atom stereocenters. The summed E-state index contributed by atoms with van der Waals surface area (Å²) in [5.41, 5.74) is 0.981. The largest absolute Gasteiger partial charge is 0.477 e. The van der Waals surface area contributed by atoms with E-state index in [1.54, 1.807) is 12.1 Å². The number of nitrogens with zero attached hydrogens (tertiary/aromatic N) is 1. The lowest BCUT2D eigenvalue weighted by molar-refractivity contribution is -0.128. The van der Waals surface area contributed by atoms with Gasteiger partial charge in [-0.05, 0) is 53.8 Å². The highest BCUT2D eigenvalue weighted by molar-refractivity contribution is 7.13. The number of allylic oxidation sites excluding steroid dienone is 1. The first-order valence-corrected chi connectivity index (χ1v) is 11.6. The van der Waals surface area contributed by atoms with Gasteiger partial charge in [-0.15, -0.1) is 11.3 Å². The van der Waals surface area contributed by atoms with Crippen LogP contribution in [0.2, 0.25) is 0 Å². The lowest BCUT2D eigenvalue weighted by atomic mass is 10.0. The number of benzene rings is 2. The number of fused-ring (bicyclic) bond motifs is 1. The number of hydrogen-bond acceptors (Lipinski definition) is 4. The summed E-state index contributed by atoms with van der Waals surface area (Å²) in [4.78, 5) is 39.0. The smallest absolute Gasteiger partial charge is 0.345 e. The minimum atomic E-state index is -0.908. The number of likely N-dealkylation sites (tertiary alicyclic amines) is 1. The topological polar surface area (TPSA) is 74.7 Å². The molecule has 1 amide bonds. The molecule has 3 aromatic rings. The van der Waals surface area contributed by atoms with E-state index in [1.807, 2.05) is 53.4 Å². The number of aromatic carboxylic acids is 1. The standard InChI is InChI=1S/C26H25NO4S/c28-22(17-18-7-8-19-4-1-2-5-20(19)16-18)11-9-21-10-14-25(29)27(21)15-3-6-23-12-13-24(32-23)26(30)31/h1-2,4-5,7-9,11-13,16,21H,3,6,10,14-15,17H2,(H,30,31)/t21-/m0/s1. The zero-order valence-electron chi connectivity index (χ0n) is 17.7. The van der Waals surface area contributed by atoms with E-state index in [0.717, 1.165) is 40.5 Å². The monoisotopic (exact) mass is 447 g/mol. The van der Waals surface area contributed by atoms with Crippen LogP contribution in [-0.2, 0) is 22.4 Å². The Labute approximate surface area is 191 Å². The van der Waals surface area contributed by atoms with Gasteiger partial charge in [-0.1, -0.05) is 48.5 Å². The van der Waals surface area contributed by atoms with Crippen LogP contribution >= 0.6 is 11.3 Å². The van der Waals surface area contributed by atoms with E-state index in [0.29, 0.717) is 24.3 Å². The third kappa shape index (κ3) is 5.32. The van der Waals surface area contributed by atoms with Crippen LogP contribution in [-0.4, -0.2) is 40.3 Å². The zero-order chi connectivity index (χ0) is 22.5. The molecule has 1 N–H and O–H groups in total. The van der Waals surface area contributed by atoms with Crippen molar-refractivity contribution in [1.82, 2.24) is 4.90 Å². The maximum Gasteiger partial charge on any atom is 0.345 e. The molecule has 5 nitrogen and oxygen atoms in total. The number of ketones is 1. The number of aryl methyl sites for hydroxylation is 1. The number of amides is 1. The van der Waals surface area contributed by atoms with Crippen molar-refractivity contribution >= 4 is 39.8 Å². The molecular weight excluding hydrogens is 422 g/mol. The number of rotatable bonds is 9. The van der Waals surface area contributed by atoms with Crippen LogP contribution in [0.1, 0.15) is 39.4 Å². The number of carboxylic acid groups (broad SMARTS) is 1. The first-order chi connectivity index (χ1) is 15.5. The van der Waals surface area contributed by atoms with Gasteiger partial charge in [-0.3, -0.25) is 9.59 Å². The highest BCUT2D eigenvalue weighted by atomic mass is 32.1. The molecule has 1 aliphatic rings. The molecule has 0 radical (unpaired) electrons. The molecule has 1 fully saturated rings. The Morgan fingerprint density at radius 3 is 2.69 bits per heavy atom. The fraction of sp³-hybridized carbons (Fsp3) is 0.269. The van der Waals surface area contributed by atoms with Crippen LogP contribution in [0.5, 0.6) is 0 Å². The van der Waals surface area contributed by atoms with Crippen molar-refractivity contribution in [1.29, 1.82) is 0 Å². The Kier molecular flexibility index (Phi) is 6.81. The summed E-state index contributed by atoms with van der Waals surface area (Å²) in [6.07, 6.45) is 6.54. The van der Waals surface area contributed by atoms with Gasteiger partial charge in [-0.25, -0.2) is 4.79 Å². The fourth-order valence-electron chi connectivity index (χ4n) is 4.12. The first kappa shape index (κ1) is 22.0. The van der Waals surface area contributed by atoms with Crippen LogP contribution < -0.4 is 0 Å². The summed E-state index contributed by atoms with van der Waals surface area (Å²) in [6.45, 7) is 0.604. The van der Waals surface area contributed by atoms with Crippen molar-refractivity contribution in [2.24, 2.45) is 0 Å². The molecule has 32 heavy (non-hydrogen) atoms. The number of hydrogen-bond donors (Lipinski definition) is 1. The summed E-state index contributed by atoms with van der Waals surface area (Å²) >= 11 is 1.28. The Morgan fingerprint density at radius 2 is 1.91 bits per heavy atom. The van der Waals surface area contributed by atoms with Crippen LogP contribution in [0, 0.1) is 0 Å². The predicted octanol–water partition coefficient (Wildman–Crippen LogP) is 4.89. The second-order valence-corrected chi connectivity index (χ2v) is 9.22. The normalized spacial score (nSPS) is 16.3. The minimum absolute atomic E-state index is 0.0272. The maximum atomic E-state index is 12.5. The zero-order valence-corrected chi connectivity index (χ0v) is 18.5. The Bertz CT molecular complexity index is 1180. The van der Waals surface area contributed by atoms with E-state index in [-0.39, 0.29) is 17.7 Å². The van der Waals surface area contributed by atoms with Crippen molar-refractivity contribution < 1.29 is 19.5 Å². The molecule has 0 aliphatic carbocycles. The van der Waals surface area contributed by atoms with Crippen LogP contribution in [0.4, 0.5) is 0 Å². The average molecular weight is 448 g/mol. The van der Waals surface area contributed by atoms with Gasteiger partial charge in [0.05, 0.1) is 6.04 Å². The van der Waals surface area contributed by atoms with Crippen molar-refractivity contribution in [3.63, 3.8) is 0 Å². The molecule has 1 atom stereocenters. The third-order valence-corrected chi connectivity index (χ3v) is 6.90. The number of carbonyl (C=O) groups is 3. The van der Waals surface area contributed by atoms with E-state index in [2.05, 4.69) is 6.07 Å². The van der Waals surface area contributed by atoms with Crippen LogP contribution in [0.3, 0.4) is 0 Å². The van der Waals surface area contributed by atoms with Gasteiger partial charge >= 0.3 is 5.97 Å². The number of carbonyl (C=O) groups excluding carboxylic acids is 2. The fourth-order valence-corrected chi connectivity index (χ4v) is 5.01. The lowest BCUT2D eigenvalue weighted by Crippen LogP contribution is -2.33. The van der Waals surface area contributed by atoms with Crippen molar-refractivity contribution in [3.05, 3.63) is 82.1 Å². The van der Waals surface area contributed by atoms with Gasteiger partial charge < -0.3 is 10.0 Å². The van der Waals surface area contributed by atoms with Gasteiger partial charge in [-0.2, -0.15) is 0 Å². The molecule has 6 heteroatoms. The summed E-state index contributed by atoms with van der Waals surface area (Å²) in [7, 11) is 0. The van der Waals surface area contributed by atoms with Crippen molar-refractivity contribution in [2.75, 3.05) is 6.54 Å².